The van der Waals surface area contributed by atoms with Gasteiger partial charge in [-0.3, -0.25) is 9.69 Å². The van der Waals surface area contributed by atoms with Gasteiger partial charge < -0.3 is 9.84 Å². The molecule has 0 atom stereocenters. The summed E-state index contributed by atoms with van der Waals surface area (Å²) in [4.78, 5) is 22.3. The zero-order chi connectivity index (χ0) is 10.4. The number of thiocarbonyl (C=S) groups is 1. The van der Waals surface area contributed by atoms with Crippen molar-refractivity contribution in [3.8, 4) is 0 Å². The Morgan fingerprint density at radius 2 is 2.00 bits per heavy atom. The Labute approximate surface area is 80.6 Å². The molecule has 0 saturated heterocycles. The minimum Gasteiger partial charge on any atom is -0.486 e. The second-order valence-corrected chi connectivity index (χ2v) is 2.40. The van der Waals surface area contributed by atoms with Crippen molar-refractivity contribution < 1.29 is 19.4 Å². The molecule has 0 bridgehead atoms. The van der Waals surface area contributed by atoms with Gasteiger partial charge in [-0.25, -0.2) is 4.79 Å². The zero-order valence-electron chi connectivity index (χ0n) is 7.18. The van der Waals surface area contributed by atoms with Crippen LogP contribution in [-0.2, 0) is 14.3 Å². The van der Waals surface area contributed by atoms with Crippen LogP contribution in [0.3, 0.4) is 0 Å². The van der Waals surface area contributed by atoms with Crippen LogP contribution >= 0.6 is 12.2 Å². The number of hydrogen-bond donors (Lipinski definition) is 1. The smallest absolute Gasteiger partial charge is 0.330 e. The van der Waals surface area contributed by atoms with E-state index in [1.54, 1.807) is 0 Å². The molecule has 0 unspecified atom stereocenters. The fourth-order valence-electron chi connectivity index (χ4n) is 0.413. The number of likely N-dealkylation sites (N-methyl/N-ethyl adjacent to an activating group) is 1. The molecule has 0 aromatic heterocycles. The Hall–Kier alpha value is -1.43. The molecule has 0 radical (unpaired) electrons. The molecule has 0 spiro atoms. The lowest BCUT2D eigenvalue weighted by atomic mass is 10.4. The molecule has 13 heavy (non-hydrogen) atoms. The van der Waals surface area contributed by atoms with Crippen LogP contribution in [0.5, 0.6) is 0 Å². The third kappa shape index (κ3) is 4.22. The van der Waals surface area contributed by atoms with Crippen molar-refractivity contribution in [2.45, 2.75) is 0 Å². The van der Waals surface area contributed by atoms with E-state index in [0.29, 0.717) is 0 Å². The standard InChI is InChI=1S/C7H9NO4S/c1-8(7(11)13)5(9)3-4-6(10)12-2/h3-4H,1-2H3,(H,11,13). The molecular formula is C7H9NO4S. The van der Waals surface area contributed by atoms with Crippen LogP contribution in [0.15, 0.2) is 12.2 Å². The first-order valence-electron chi connectivity index (χ1n) is 3.25. The summed E-state index contributed by atoms with van der Waals surface area (Å²) in [6, 6.07) is 0. The molecule has 0 saturated carbocycles. The van der Waals surface area contributed by atoms with E-state index in [0.717, 1.165) is 17.1 Å². The Balaban J connectivity index is 4.23. The number of aliphatic hydroxyl groups is 1. The van der Waals surface area contributed by atoms with E-state index in [9.17, 15) is 9.59 Å². The van der Waals surface area contributed by atoms with Crippen LogP contribution in [-0.4, -0.2) is 41.2 Å². The fourth-order valence-corrected chi connectivity index (χ4v) is 0.503. The van der Waals surface area contributed by atoms with Gasteiger partial charge in [0.25, 0.3) is 11.1 Å². The van der Waals surface area contributed by atoms with Crippen LogP contribution in [0.2, 0.25) is 0 Å². The molecule has 0 aliphatic carbocycles. The lowest BCUT2D eigenvalue weighted by Crippen LogP contribution is -2.29. The topological polar surface area (TPSA) is 66.8 Å². The maximum Gasteiger partial charge on any atom is 0.330 e. The zero-order valence-corrected chi connectivity index (χ0v) is 8.00. The summed E-state index contributed by atoms with van der Waals surface area (Å²) in [5.74, 6) is -1.25. The van der Waals surface area contributed by atoms with Gasteiger partial charge in [0.1, 0.15) is 0 Å². The van der Waals surface area contributed by atoms with Crippen molar-refractivity contribution in [3.05, 3.63) is 12.2 Å². The summed E-state index contributed by atoms with van der Waals surface area (Å²) in [7, 11) is 2.48. The van der Waals surface area contributed by atoms with E-state index in [2.05, 4.69) is 17.0 Å². The summed E-state index contributed by atoms with van der Waals surface area (Å²) in [5, 5.41) is 8.14. The average Bonchev–Trinajstić information content (AvgIpc) is 2.11. The van der Waals surface area contributed by atoms with E-state index >= 15 is 0 Å². The van der Waals surface area contributed by atoms with Crippen molar-refractivity contribution in [2.24, 2.45) is 0 Å². The van der Waals surface area contributed by atoms with Gasteiger partial charge in [0.2, 0.25) is 0 Å². The molecule has 0 aromatic rings. The third-order valence-corrected chi connectivity index (χ3v) is 1.45. The van der Waals surface area contributed by atoms with Crippen LogP contribution in [0.1, 0.15) is 0 Å². The first-order chi connectivity index (χ1) is 5.99. The van der Waals surface area contributed by atoms with Crippen molar-refractivity contribution in [1.82, 2.24) is 4.90 Å². The van der Waals surface area contributed by atoms with E-state index in [1.165, 1.54) is 14.2 Å². The normalized spacial score (nSPS) is 9.69. The van der Waals surface area contributed by atoms with E-state index < -0.39 is 17.1 Å². The van der Waals surface area contributed by atoms with Gasteiger partial charge in [-0.1, -0.05) is 0 Å². The molecular weight excluding hydrogens is 194 g/mol. The summed E-state index contributed by atoms with van der Waals surface area (Å²) in [6.45, 7) is 0. The average molecular weight is 203 g/mol. The number of esters is 1. The Kier molecular flexibility index (Phi) is 4.68. The van der Waals surface area contributed by atoms with Crippen molar-refractivity contribution in [3.63, 3.8) is 0 Å². The second kappa shape index (κ2) is 5.26. The highest BCUT2D eigenvalue weighted by Gasteiger charge is 2.08. The summed E-state index contributed by atoms with van der Waals surface area (Å²) < 4.78 is 4.25. The molecule has 0 rings (SSSR count). The van der Waals surface area contributed by atoms with Crippen LogP contribution < -0.4 is 0 Å². The van der Waals surface area contributed by atoms with Gasteiger partial charge in [0.15, 0.2) is 0 Å². The van der Waals surface area contributed by atoms with Gasteiger partial charge in [-0.05, 0) is 12.2 Å². The predicted molar refractivity (Wildman–Crippen MR) is 49.2 cm³/mol. The van der Waals surface area contributed by atoms with E-state index in [1.807, 2.05) is 0 Å². The monoisotopic (exact) mass is 203 g/mol. The number of hydrogen-bond acceptors (Lipinski definition) is 4. The molecule has 0 aliphatic rings. The maximum atomic E-state index is 11.0. The predicted octanol–water partition coefficient (Wildman–Crippen LogP) is 0.0169. The highest BCUT2D eigenvalue weighted by molar-refractivity contribution is 7.79. The number of nitrogens with zero attached hydrogens (tertiary/aromatic N) is 1. The van der Waals surface area contributed by atoms with Crippen molar-refractivity contribution in [1.29, 1.82) is 0 Å². The minimum atomic E-state index is -0.648. The number of amides is 1. The van der Waals surface area contributed by atoms with Crippen molar-refractivity contribution in [2.75, 3.05) is 14.2 Å². The van der Waals surface area contributed by atoms with Gasteiger partial charge >= 0.3 is 5.97 Å². The summed E-state index contributed by atoms with van der Waals surface area (Å²) in [6.07, 6.45) is 1.89. The van der Waals surface area contributed by atoms with Crippen LogP contribution in [0.25, 0.3) is 0 Å². The minimum absolute atomic E-state index is 0.556. The molecule has 6 heteroatoms. The Morgan fingerprint density at radius 3 is 2.38 bits per heavy atom. The highest BCUT2D eigenvalue weighted by atomic mass is 32.1. The maximum absolute atomic E-state index is 11.0. The Bertz CT molecular complexity index is 261. The van der Waals surface area contributed by atoms with Gasteiger partial charge in [-0.2, -0.15) is 0 Å². The van der Waals surface area contributed by atoms with Crippen molar-refractivity contribution >= 4 is 29.3 Å². The SMILES string of the molecule is COC(=O)C=CC(=O)N(C)C(O)=S. The van der Waals surface area contributed by atoms with Crippen LogP contribution in [0.4, 0.5) is 0 Å². The van der Waals surface area contributed by atoms with Gasteiger partial charge in [0, 0.05) is 19.2 Å². The second-order valence-electron chi connectivity index (χ2n) is 2.04. The van der Waals surface area contributed by atoms with Gasteiger partial charge in [-0.15, -0.1) is 0 Å². The number of aliphatic hydroxyl groups excluding tert-OH is 1. The third-order valence-electron chi connectivity index (χ3n) is 1.18. The molecule has 1 amide bonds. The number of ether oxygens (including phenoxy) is 1. The van der Waals surface area contributed by atoms with E-state index in [4.69, 9.17) is 5.11 Å². The van der Waals surface area contributed by atoms with Gasteiger partial charge in [0.05, 0.1) is 7.11 Å². The molecule has 0 aromatic carbocycles. The number of carbonyl (C=O) groups is 2. The molecule has 1 N–H and O–H groups in total. The number of carbonyl (C=O) groups excluding carboxylic acids is 2. The quantitative estimate of drug-likeness (QED) is 0.389. The molecule has 5 nitrogen and oxygen atoms in total. The first-order valence-corrected chi connectivity index (χ1v) is 3.66. The van der Waals surface area contributed by atoms with Crippen LogP contribution in [0, 0.1) is 0 Å². The number of rotatable bonds is 2. The Morgan fingerprint density at radius 1 is 1.46 bits per heavy atom. The lowest BCUT2D eigenvalue weighted by Gasteiger charge is -2.09. The number of methoxy groups -OCH3 is 1. The largest absolute Gasteiger partial charge is 0.486 e. The molecule has 0 fully saturated rings. The van der Waals surface area contributed by atoms with E-state index in [-0.39, 0.29) is 0 Å². The highest BCUT2D eigenvalue weighted by Crippen LogP contribution is 1.89. The first kappa shape index (κ1) is 11.6. The lowest BCUT2D eigenvalue weighted by molar-refractivity contribution is -0.135. The molecule has 0 heterocycles. The molecule has 0 aliphatic heterocycles. The fraction of sp³-hybridized carbons (Fsp3) is 0.286. The molecule has 72 valence electrons. The summed E-state index contributed by atoms with van der Waals surface area (Å²) in [5.41, 5.74) is 0. The summed E-state index contributed by atoms with van der Waals surface area (Å²) >= 11 is 4.31.